The van der Waals surface area contributed by atoms with Gasteiger partial charge in [-0.3, -0.25) is 0 Å². The number of nitriles is 1. The van der Waals surface area contributed by atoms with E-state index < -0.39 is 0 Å². The van der Waals surface area contributed by atoms with E-state index in [1.165, 1.54) is 31.9 Å². The van der Waals surface area contributed by atoms with Crippen LogP contribution in [0.1, 0.15) is 38.3 Å². The fraction of sp³-hybridized carbons (Fsp3) is 0.643. The van der Waals surface area contributed by atoms with E-state index in [9.17, 15) is 0 Å². The molecule has 0 aliphatic heterocycles. The molecule has 4 atom stereocenters. The fourth-order valence-corrected chi connectivity index (χ4v) is 3.71. The van der Waals surface area contributed by atoms with E-state index in [2.05, 4.69) is 22.2 Å². The lowest BCUT2D eigenvalue weighted by molar-refractivity contribution is 0.304. The molecule has 1 N–H and O–H groups in total. The lowest BCUT2D eigenvalue weighted by atomic mass is 9.84. The van der Waals surface area contributed by atoms with Crippen molar-refractivity contribution >= 4 is 5.82 Å². The van der Waals surface area contributed by atoms with Gasteiger partial charge >= 0.3 is 0 Å². The molecule has 0 saturated heterocycles. The fourth-order valence-electron chi connectivity index (χ4n) is 3.71. The summed E-state index contributed by atoms with van der Waals surface area (Å²) >= 11 is 0. The maximum absolute atomic E-state index is 8.68. The van der Waals surface area contributed by atoms with Crippen LogP contribution >= 0.6 is 0 Å². The quantitative estimate of drug-likeness (QED) is 0.885. The highest BCUT2D eigenvalue weighted by atomic mass is 15.0. The van der Waals surface area contributed by atoms with Crippen molar-refractivity contribution in [3.8, 4) is 6.07 Å². The molecule has 18 heavy (non-hydrogen) atoms. The lowest BCUT2D eigenvalue weighted by Crippen LogP contribution is -2.30. The number of aromatic nitrogens is 2. The van der Waals surface area contributed by atoms with Crippen molar-refractivity contribution in [2.75, 3.05) is 5.32 Å². The molecule has 0 spiro atoms. The molecule has 4 nitrogen and oxygen atoms in total. The van der Waals surface area contributed by atoms with Crippen LogP contribution in [0.5, 0.6) is 0 Å². The van der Waals surface area contributed by atoms with Gasteiger partial charge in [-0.15, -0.1) is 0 Å². The predicted octanol–water partition coefficient (Wildman–Crippen LogP) is 2.58. The second-order valence-electron chi connectivity index (χ2n) is 5.67. The van der Waals surface area contributed by atoms with E-state index in [-0.39, 0.29) is 0 Å². The van der Waals surface area contributed by atoms with Crippen molar-refractivity contribution in [1.29, 1.82) is 5.26 Å². The van der Waals surface area contributed by atoms with Gasteiger partial charge in [-0.25, -0.2) is 9.97 Å². The van der Waals surface area contributed by atoms with Gasteiger partial charge in [0.15, 0.2) is 5.69 Å². The molecular formula is C14H18N4. The van der Waals surface area contributed by atoms with E-state index in [0.717, 1.165) is 23.6 Å². The first-order chi connectivity index (χ1) is 8.76. The molecule has 1 heterocycles. The van der Waals surface area contributed by atoms with Crippen LogP contribution in [-0.4, -0.2) is 16.0 Å². The average Bonchev–Trinajstić information content (AvgIpc) is 3.02. The van der Waals surface area contributed by atoms with Crippen molar-refractivity contribution in [1.82, 2.24) is 9.97 Å². The number of nitrogens with one attached hydrogen (secondary N) is 1. The third-order valence-corrected chi connectivity index (χ3v) is 4.58. The zero-order chi connectivity index (χ0) is 12.5. The largest absolute Gasteiger partial charge is 0.366 e. The molecule has 2 aliphatic carbocycles. The summed E-state index contributed by atoms with van der Waals surface area (Å²) in [5, 5.41) is 12.1. The second kappa shape index (κ2) is 4.56. The Hall–Kier alpha value is -1.63. The molecule has 2 fully saturated rings. The van der Waals surface area contributed by atoms with Gasteiger partial charge in [0.05, 0.1) is 12.4 Å². The van der Waals surface area contributed by atoms with Gasteiger partial charge in [-0.1, -0.05) is 6.42 Å². The maximum atomic E-state index is 8.68. The monoisotopic (exact) mass is 242 g/mol. The first-order valence-corrected chi connectivity index (χ1v) is 6.75. The molecular weight excluding hydrogens is 224 g/mol. The summed E-state index contributed by atoms with van der Waals surface area (Å²) in [6, 6.07) is 2.43. The Kier molecular flexibility index (Phi) is 2.91. The van der Waals surface area contributed by atoms with E-state index in [1.807, 2.05) is 6.07 Å². The van der Waals surface area contributed by atoms with Crippen molar-refractivity contribution in [3.05, 3.63) is 18.1 Å². The van der Waals surface area contributed by atoms with Crippen LogP contribution in [0.3, 0.4) is 0 Å². The van der Waals surface area contributed by atoms with Crippen molar-refractivity contribution in [3.63, 3.8) is 0 Å². The van der Waals surface area contributed by atoms with Gasteiger partial charge in [-0.2, -0.15) is 5.26 Å². The van der Waals surface area contributed by atoms with Crippen LogP contribution in [0.15, 0.2) is 12.4 Å². The first-order valence-electron chi connectivity index (χ1n) is 6.75. The van der Waals surface area contributed by atoms with Crippen LogP contribution in [0.2, 0.25) is 0 Å². The zero-order valence-electron chi connectivity index (χ0n) is 10.6. The number of hydrogen-bond acceptors (Lipinski definition) is 4. The topological polar surface area (TPSA) is 61.6 Å². The average molecular weight is 242 g/mol. The highest BCUT2D eigenvalue weighted by molar-refractivity contribution is 5.34. The van der Waals surface area contributed by atoms with Gasteiger partial charge in [0, 0.05) is 6.04 Å². The molecule has 0 amide bonds. The van der Waals surface area contributed by atoms with Gasteiger partial charge in [0.2, 0.25) is 0 Å². The standard InChI is InChI=1S/C14H18N4/c1-9(13-5-10-2-3-11(13)4-10)18-14-8-16-12(6-15)7-17-14/h7-11,13H,2-5H2,1H3,(H,17,18). The molecule has 0 aromatic carbocycles. The molecule has 0 radical (unpaired) electrons. The number of rotatable bonds is 3. The molecule has 4 unspecified atom stereocenters. The molecule has 2 bridgehead atoms. The van der Waals surface area contributed by atoms with Gasteiger partial charge in [0.1, 0.15) is 11.9 Å². The molecule has 2 aliphatic rings. The smallest absolute Gasteiger partial charge is 0.158 e. The minimum atomic E-state index is 0.369. The molecule has 1 aromatic heterocycles. The van der Waals surface area contributed by atoms with Crippen LogP contribution in [-0.2, 0) is 0 Å². The highest BCUT2D eigenvalue weighted by Crippen LogP contribution is 2.49. The van der Waals surface area contributed by atoms with Crippen LogP contribution in [0.25, 0.3) is 0 Å². The lowest BCUT2D eigenvalue weighted by Gasteiger charge is -2.28. The van der Waals surface area contributed by atoms with Gasteiger partial charge in [0.25, 0.3) is 0 Å². The summed E-state index contributed by atoms with van der Waals surface area (Å²) in [6.07, 6.45) is 8.81. The van der Waals surface area contributed by atoms with Crippen molar-refractivity contribution in [2.24, 2.45) is 17.8 Å². The number of nitrogens with zero attached hydrogens (tertiary/aromatic N) is 3. The van der Waals surface area contributed by atoms with Crippen LogP contribution in [0, 0.1) is 29.1 Å². The van der Waals surface area contributed by atoms with Crippen molar-refractivity contribution in [2.45, 2.75) is 38.6 Å². The number of fused-ring (bicyclic) bond motifs is 2. The van der Waals surface area contributed by atoms with Gasteiger partial charge < -0.3 is 5.32 Å². The third kappa shape index (κ3) is 2.05. The summed E-state index contributed by atoms with van der Waals surface area (Å²) in [5.74, 6) is 3.44. The van der Waals surface area contributed by atoms with E-state index >= 15 is 0 Å². The highest BCUT2D eigenvalue weighted by Gasteiger charge is 2.41. The summed E-state index contributed by atoms with van der Waals surface area (Å²) in [6.45, 7) is 2.24. The summed E-state index contributed by atoms with van der Waals surface area (Å²) in [4.78, 5) is 8.27. The van der Waals surface area contributed by atoms with E-state index in [0.29, 0.717) is 11.7 Å². The zero-order valence-corrected chi connectivity index (χ0v) is 10.6. The Labute approximate surface area is 107 Å². The predicted molar refractivity (Wildman–Crippen MR) is 68.8 cm³/mol. The third-order valence-electron chi connectivity index (χ3n) is 4.58. The molecule has 4 heteroatoms. The SMILES string of the molecule is CC(Nc1cnc(C#N)cn1)C1CC2CCC1C2. The molecule has 2 saturated carbocycles. The number of anilines is 1. The Morgan fingerprint density at radius 1 is 1.33 bits per heavy atom. The molecule has 3 rings (SSSR count). The first kappa shape index (κ1) is 11.5. The summed E-state index contributed by atoms with van der Waals surface area (Å²) in [7, 11) is 0. The molecule has 1 aromatic rings. The number of hydrogen-bond donors (Lipinski definition) is 1. The molecule has 94 valence electrons. The minimum Gasteiger partial charge on any atom is -0.366 e. The van der Waals surface area contributed by atoms with E-state index in [1.54, 1.807) is 6.20 Å². The van der Waals surface area contributed by atoms with Crippen LogP contribution in [0.4, 0.5) is 5.82 Å². The summed E-state index contributed by atoms with van der Waals surface area (Å²) < 4.78 is 0. The summed E-state index contributed by atoms with van der Waals surface area (Å²) in [5.41, 5.74) is 0.369. The van der Waals surface area contributed by atoms with E-state index in [4.69, 9.17) is 5.26 Å². The van der Waals surface area contributed by atoms with Crippen molar-refractivity contribution < 1.29 is 0 Å². The second-order valence-corrected chi connectivity index (χ2v) is 5.67. The Morgan fingerprint density at radius 3 is 2.78 bits per heavy atom. The minimum absolute atomic E-state index is 0.369. The van der Waals surface area contributed by atoms with Gasteiger partial charge in [-0.05, 0) is 43.9 Å². The Bertz CT molecular complexity index is 462. The Morgan fingerprint density at radius 2 is 2.22 bits per heavy atom. The maximum Gasteiger partial charge on any atom is 0.158 e. The van der Waals surface area contributed by atoms with Crippen LogP contribution < -0.4 is 5.32 Å². The normalized spacial score (nSPS) is 31.0. The Balaban J connectivity index is 1.63.